The largest absolute Gasteiger partial charge is 0.396 e. The van der Waals surface area contributed by atoms with Crippen LogP contribution in [-0.2, 0) is 0 Å². The molecule has 0 radical (unpaired) electrons. The maximum absolute atomic E-state index is 9.37. The molecular weight excluding hydrogens is 190 g/mol. The third-order valence-electron chi connectivity index (χ3n) is 2.82. The topological polar surface area (TPSA) is 43.7 Å². The Labute approximate surface area is 94.1 Å². The highest BCUT2D eigenvalue weighted by Crippen LogP contribution is 2.23. The zero-order chi connectivity index (χ0) is 11.9. The molecule has 0 spiro atoms. The van der Waals surface area contributed by atoms with Gasteiger partial charge in [0.25, 0.3) is 0 Å². The van der Waals surface area contributed by atoms with Crippen molar-refractivity contribution in [2.75, 3.05) is 26.7 Å². The Morgan fingerprint density at radius 1 is 1.40 bits per heavy atom. The molecule has 0 bridgehead atoms. The standard InChI is InChI=1S/C12H27NO2/c1-5-7-12(3,10-14)9-13(4)8-6-11(2)15/h11,14-15H,5-10H2,1-4H3. The molecule has 2 atom stereocenters. The zero-order valence-corrected chi connectivity index (χ0v) is 10.7. The number of rotatable bonds is 8. The minimum absolute atomic E-state index is 0.00218. The number of hydrogen-bond donors (Lipinski definition) is 2. The van der Waals surface area contributed by atoms with Crippen molar-refractivity contribution in [1.29, 1.82) is 0 Å². The minimum Gasteiger partial charge on any atom is -0.396 e. The number of nitrogens with zero attached hydrogens (tertiary/aromatic N) is 1. The van der Waals surface area contributed by atoms with Crippen molar-refractivity contribution in [2.45, 2.75) is 46.1 Å². The summed E-state index contributed by atoms with van der Waals surface area (Å²) in [4.78, 5) is 2.19. The first-order chi connectivity index (χ1) is 6.93. The van der Waals surface area contributed by atoms with Crippen LogP contribution in [0.5, 0.6) is 0 Å². The van der Waals surface area contributed by atoms with E-state index in [0.29, 0.717) is 0 Å². The van der Waals surface area contributed by atoms with E-state index in [9.17, 15) is 10.2 Å². The van der Waals surface area contributed by atoms with Gasteiger partial charge in [-0.3, -0.25) is 0 Å². The van der Waals surface area contributed by atoms with Crippen molar-refractivity contribution in [1.82, 2.24) is 4.90 Å². The number of hydrogen-bond acceptors (Lipinski definition) is 3. The molecule has 0 rings (SSSR count). The van der Waals surface area contributed by atoms with E-state index in [1.165, 1.54) is 0 Å². The van der Waals surface area contributed by atoms with Crippen LogP contribution in [0.4, 0.5) is 0 Å². The van der Waals surface area contributed by atoms with Crippen LogP contribution in [0.2, 0.25) is 0 Å². The van der Waals surface area contributed by atoms with Crippen LogP contribution in [0.25, 0.3) is 0 Å². The summed E-state index contributed by atoms with van der Waals surface area (Å²) < 4.78 is 0. The molecule has 0 aliphatic heterocycles. The van der Waals surface area contributed by atoms with Gasteiger partial charge in [-0.1, -0.05) is 20.3 Å². The average molecular weight is 217 g/mol. The SMILES string of the molecule is CCCC(C)(CO)CN(C)CCC(C)O. The Bertz CT molecular complexity index is 162. The molecule has 0 aliphatic rings. The molecule has 15 heavy (non-hydrogen) atoms. The first-order valence-electron chi connectivity index (χ1n) is 5.91. The van der Waals surface area contributed by atoms with Crippen molar-refractivity contribution < 1.29 is 10.2 Å². The molecule has 2 N–H and O–H groups in total. The second-order valence-corrected chi connectivity index (χ2v) is 5.09. The fraction of sp³-hybridized carbons (Fsp3) is 1.00. The lowest BCUT2D eigenvalue weighted by Crippen LogP contribution is -2.37. The van der Waals surface area contributed by atoms with E-state index in [1.807, 2.05) is 14.0 Å². The maximum atomic E-state index is 9.37. The highest BCUT2D eigenvalue weighted by atomic mass is 16.3. The molecule has 2 unspecified atom stereocenters. The van der Waals surface area contributed by atoms with Gasteiger partial charge in [-0.25, -0.2) is 0 Å². The van der Waals surface area contributed by atoms with Gasteiger partial charge < -0.3 is 15.1 Å². The van der Waals surface area contributed by atoms with Crippen LogP contribution in [0.15, 0.2) is 0 Å². The van der Waals surface area contributed by atoms with Crippen LogP contribution in [0.1, 0.15) is 40.0 Å². The van der Waals surface area contributed by atoms with Crippen molar-refractivity contribution in [3.8, 4) is 0 Å². The van der Waals surface area contributed by atoms with Crippen LogP contribution < -0.4 is 0 Å². The normalized spacial score (nSPS) is 17.8. The summed E-state index contributed by atoms with van der Waals surface area (Å²) >= 11 is 0. The summed E-state index contributed by atoms with van der Waals surface area (Å²) in [6.07, 6.45) is 2.70. The highest BCUT2D eigenvalue weighted by molar-refractivity contribution is 4.76. The Morgan fingerprint density at radius 3 is 2.40 bits per heavy atom. The van der Waals surface area contributed by atoms with Gasteiger partial charge in [0.1, 0.15) is 0 Å². The molecule has 92 valence electrons. The molecule has 0 amide bonds. The van der Waals surface area contributed by atoms with E-state index in [-0.39, 0.29) is 18.1 Å². The zero-order valence-electron chi connectivity index (χ0n) is 10.7. The van der Waals surface area contributed by atoms with Gasteiger partial charge in [0.2, 0.25) is 0 Å². The Hall–Kier alpha value is -0.120. The molecule has 0 aromatic carbocycles. The molecule has 3 nitrogen and oxygen atoms in total. The Balaban J connectivity index is 3.94. The van der Waals surface area contributed by atoms with Gasteiger partial charge in [-0.15, -0.1) is 0 Å². The second-order valence-electron chi connectivity index (χ2n) is 5.09. The third kappa shape index (κ3) is 6.88. The molecule has 0 aliphatic carbocycles. The monoisotopic (exact) mass is 217 g/mol. The Morgan fingerprint density at radius 2 is 2.00 bits per heavy atom. The predicted molar refractivity (Wildman–Crippen MR) is 63.9 cm³/mol. The van der Waals surface area contributed by atoms with Gasteiger partial charge in [0.05, 0.1) is 6.10 Å². The van der Waals surface area contributed by atoms with E-state index in [0.717, 1.165) is 32.4 Å². The van der Waals surface area contributed by atoms with Gasteiger partial charge in [0, 0.05) is 25.1 Å². The average Bonchev–Trinajstić information content (AvgIpc) is 2.15. The fourth-order valence-electron chi connectivity index (χ4n) is 1.95. The third-order valence-corrected chi connectivity index (χ3v) is 2.82. The molecule has 0 saturated carbocycles. The molecule has 0 heterocycles. The van der Waals surface area contributed by atoms with Crippen molar-refractivity contribution in [2.24, 2.45) is 5.41 Å². The molecular formula is C12H27NO2. The number of aliphatic hydroxyl groups is 2. The van der Waals surface area contributed by atoms with E-state index >= 15 is 0 Å². The van der Waals surface area contributed by atoms with Crippen LogP contribution in [-0.4, -0.2) is 48.0 Å². The lowest BCUT2D eigenvalue weighted by molar-refractivity contribution is 0.0823. The molecule has 0 aromatic heterocycles. The van der Waals surface area contributed by atoms with Crippen LogP contribution in [0.3, 0.4) is 0 Å². The van der Waals surface area contributed by atoms with E-state index in [1.54, 1.807) is 0 Å². The lowest BCUT2D eigenvalue weighted by atomic mass is 9.86. The predicted octanol–water partition coefficient (Wildman–Crippen LogP) is 1.49. The quantitative estimate of drug-likeness (QED) is 0.647. The lowest BCUT2D eigenvalue weighted by Gasteiger charge is -2.32. The van der Waals surface area contributed by atoms with E-state index in [4.69, 9.17) is 0 Å². The van der Waals surface area contributed by atoms with Crippen LogP contribution in [0, 0.1) is 5.41 Å². The first-order valence-corrected chi connectivity index (χ1v) is 5.91. The fourth-order valence-corrected chi connectivity index (χ4v) is 1.95. The van der Waals surface area contributed by atoms with E-state index in [2.05, 4.69) is 18.7 Å². The highest BCUT2D eigenvalue weighted by Gasteiger charge is 2.23. The van der Waals surface area contributed by atoms with Crippen LogP contribution >= 0.6 is 0 Å². The summed E-state index contributed by atoms with van der Waals surface area (Å²) in [5.74, 6) is 0. The van der Waals surface area contributed by atoms with Crippen molar-refractivity contribution in [3.63, 3.8) is 0 Å². The minimum atomic E-state index is -0.237. The number of aliphatic hydroxyl groups excluding tert-OH is 2. The van der Waals surface area contributed by atoms with Gasteiger partial charge in [-0.2, -0.15) is 0 Å². The molecule has 0 aromatic rings. The van der Waals surface area contributed by atoms with Gasteiger partial charge in [0.15, 0.2) is 0 Å². The smallest absolute Gasteiger partial charge is 0.0524 e. The first kappa shape index (κ1) is 14.9. The van der Waals surface area contributed by atoms with Crippen molar-refractivity contribution in [3.05, 3.63) is 0 Å². The van der Waals surface area contributed by atoms with E-state index < -0.39 is 0 Å². The van der Waals surface area contributed by atoms with Gasteiger partial charge in [-0.05, 0) is 26.8 Å². The summed E-state index contributed by atoms with van der Waals surface area (Å²) in [7, 11) is 2.05. The van der Waals surface area contributed by atoms with Gasteiger partial charge >= 0.3 is 0 Å². The van der Waals surface area contributed by atoms with Crippen molar-refractivity contribution >= 4 is 0 Å². The Kier molecular flexibility index (Phi) is 7.14. The summed E-state index contributed by atoms with van der Waals surface area (Å²) in [6, 6.07) is 0. The summed E-state index contributed by atoms with van der Waals surface area (Å²) in [5, 5.41) is 18.6. The molecule has 0 fully saturated rings. The molecule has 3 heteroatoms. The molecule has 0 saturated heterocycles. The maximum Gasteiger partial charge on any atom is 0.0524 e. The second kappa shape index (κ2) is 7.20. The summed E-state index contributed by atoms with van der Waals surface area (Å²) in [6.45, 7) is 8.09. The summed E-state index contributed by atoms with van der Waals surface area (Å²) in [5.41, 5.74) is 0.00218.